The topological polar surface area (TPSA) is 42.2 Å². The van der Waals surface area contributed by atoms with Crippen molar-refractivity contribution in [2.45, 2.75) is 6.92 Å². The largest absolute Gasteiger partial charge is 0.355 e. The number of hydrogen-bond donors (Lipinski definition) is 1. The summed E-state index contributed by atoms with van der Waals surface area (Å²) in [6.45, 7) is 4.92. The van der Waals surface area contributed by atoms with E-state index in [0.29, 0.717) is 5.92 Å². The maximum atomic E-state index is 5.58. The summed E-state index contributed by atoms with van der Waals surface area (Å²) in [6, 6.07) is 2.01. The predicted octanol–water partition coefficient (Wildman–Crippen LogP) is 1.55. The van der Waals surface area contributed by atoms with Crippen LogP contribution in [0.4, 0.5) is 5.82 Å². The fourth-order valence-corrected chi connectivity index (χ4v) is 2.12. The Labute approximate surface area is 92.4 Å². The molecule has 1 aliphatic rings. The summed E-state index contributed by atoms with van der Waals surface area (Å²) in [7, 11) is 0. The van der Waals surface area contributed by atoms with Crippen LogP contribution in [0.15, 0.2) is 16.7 Å². The smallest absolute Gasteiger partial charge is 0.143 e. The molecule has 14 heavy (non-hydrogen) atoms. The molecule has 3 nitrogen and oxygen atoms in total. The lowest BCUT2D eigenvalue weighted by atomic mass is 10.0. The molecular formula is C10H14BrN3. The summed E-state index contributed by atoms with van der Waals surface area (Å²) in [5.74, 6) is 1.69. The van der Waals surface area contributed by atoms with E-state index in [1.54, 1.807) is 0 Å². The molecule has 0 spiro atoms. The fraction of sp³-hybridized carbons (Fsp3) is 0.500. The van der Waals surface area contributed by atoms with Crippen molar-refractivity contribution in [2.75, 3.05) is 24.5 Å². The first-order valence-corrected chi connectivity index (χ1v) is 5.57. The molecule has 4 heteroatoms. The van der Waals surface area contributed by atoms with Gasteiger partial charge < -0.3 is 10.6 Å². The Morgan fingerprint density at radius 3 is 3.00 bits per heavy atom. The lowest BCUT2D eigenvalue weighted by Gasteiger charge is -2.40. The van der Waals surface area contributed by atoms with E-state index in [4.69, 9.17) is 5.73 Å². The Morgan fingerprint density at radius 1 is 1.64 bits per heavy atom. The van der Waals surface area contributed by atoms with Crippen molar-refractivity contribution in [2.24, 2.45) is 11.7 Å². The Bertz CT molecular complexity index is 334. The fourth-order valence-electron chi connectivity index (χ4n) is 1.64. The Balaban J connectivity index is 2.14. The van der Waals surface area contributed by atoms with E-state index in [1.807, 2.05) is 12.3 Å². The van der Waals surface area contributed by atoms with Crippen LogP contribution in [0, 0.1) is 12.8 Å². The molecule has 0 aliphatic carbocycles. The van der Waals surface area contributed by atoms with Gasteiger partial charge in [0.05, 0.1) is 4.47 Å². The molecule has 1 aliphatic heterocycles. The van der Waals surface area contributed by atoms with Crippen molar-refractivity contribution in [3.05, 3.63) is 22.3 Å². The monoisotopic (exact) mass is 255 g/mol. The first kappa shape index (κ1) is 9.93. The van der Waals surface area contributed by atoms with Gasteiger partial charge in [-0.2, -0.15) is 0 Å². The zero-order valence-corrected chi connectivity index (χ0v) is 9.79. The van der Waals surface area contributed by atoms with E-state index < -0.39 is 0 Å². The van der Waals surface area contributed by atoms with Gasteiger partial charge in [-0.25, -0.2) is 4.98 Å². The van der Waals surface area contributed by atoms with Crippen LogP contribution in [0.2, 0.25) is 0 Å². The normalized spacial score (nSPS) is 16.9. The molecule has 0 saturated carbocycles. The second-order valence-electron chi connectivity index (χ2n) is 3.77. The van der Waals surface area contributed by atoms with Crippen molar-refractivity contribution in [1.29, 1.82) is 0 Å². The minimum atomic E-state index is 0.643. The van der Waals surface area contributed by atoms with E-state index in [-0.39, 0.29) is 0 Å². The quantitative estimate of drug-likeness (QED) is 0.872. The number of aromatic nitrogens is 1. The second kappa shape index (κ2) is 3.87. The lowest BCUT2D eigenvalue weighted by Crippen LogP contribution is -2.50. The van der Waals surface area contributed by atoms with Crippen molar-refractivity contribution in [1.82, 2.24) is 4.98 Å². The van der Waals surface area contributed by atoms with Gasteiger partial charge in [0.25, 0.3) is 0 Å². The predicted molar refractivity (Wildman–Crippen MR) is 61.4 cm³/mol. The van der Waals surface area contributed by atoms with Crippen LogP contribution in [-0.4, -0.2) is 24.6 Å². The summed E-state index contributed by atoms with van der Waals surface area (Å²) >= 11 is 3.56. The van der Waals surface area contributed by atoms with E-state index in [9.17, 15) is 0 Å². The van der Waals surface area contributed by atoms with E-state index >= 15 is 0 Å². The molecule has 0 bridgehead atoms. The first-order chi connectivity index (χ1) is 6.72. The maximum absolute atomic E-state index is 5.58. The standard InChI is InChI=1S/C10H14BrN3/c1-7-2-3-13-10(9(7)11)14-5-8(4-12)6-14/h2-3,8H,4-6,12H2,1H3. The van der Waals surface area contributed by atoms with Gasteiger partial charge in [0, 0.05) is 25.2 Å². The number of rotatable bonds is 2. The number of nitrogens with two attached hydrogens (primary N) is 1. The molecule has 0 aromatic carbocycles. The van der Waals surface area contributed by atoms with Gasteiger partial charge in [0.1, 0.15) is 5.82 Å². The van der Waals surface area contributed by atoms with Gasteiger partial charge in [-0.3, -0.25) is 0 Å². The third kappa shape index (κ3) is 1.64. The summed E-state index contributed by atoms with van der Waals surface area (Å²) < 4.78 is 1.11. The average molecular weight is 256 g/mol. The van der Waals surface area contributed by atoms with Gasteiger partial charge in [-0.05, 0) is 41.0 Å². The first-order valence-electron chi connectivity index (χ1n) is 4.78. The summed E-state index contributed by atoms with van der Waals surface area (Å²) in [5, 5.41) is 0. The zero-order valence-electron chi connectivity index (χ0n) is 8.20. The third-order valence-corrected chi connectivity index (χ3v) is 3.63. The Morgan fingerprint density at radius 2 is 2.36 bits per heavy atom. The van der Waals surface area contributed by atoms with Crippen molar-refractivity contribution in [3.8, 4) is 0 Å². The number of nitrogens with zero attached hydrogens (tertiary/aromatic N) is 2. The van der Waals surface area contributed by atoms with Crippen molar-refractivity contribution < 1.29 is 0 Å². The third-order valence-electron chi connectivity index (χ3n) is 2.65. The molecule has 1 saturated heterocycles. The molecule has 2 heterocycles. The number of anilines is 1. The molecule has 1 aromatic heterocycles. The van der Waals surface area contributed by atoms with Crippen LogP contribution >= 0.6 is 15.9 Å². The molecule has 2 rings (SSSR count). The van der Waals surface area contributed by atoms with Gasteiger partial charge in [-0.1, -0.05) is 0 Å². The van der Waals surface area contributed by atoms with Gasteiger partial charge in [-0.15, -0.1) is 0 Å². The minimum Gasteiger partial charge on any atom is -0.355 e. The Kier molecular flexibility index (Phi) is 2.74. The molecule has 0 unspecified atom stereocenters. The van der Waals surface area contributed by atoms with Crippen LogP contribution < -0.4 is 10.6 Å². The van der Waals surface area contributed by atoms with Crippen molar-refractivity contribution in [3.63, 3.8) is 0 Å². The summed E-state index contributed by atoms with van der Waals surface area (Å²) in [4.78, 5) is 6.63. The van der Waals surface area contributed by atoms with E-state index in [0.717, 1.165) is 29.9 Å². The Hall–Kier alpha value is -0.610. The van der Waals surface area contributed by atoms with E-state index in [1.165, 1.54) is 5.56 Å². The molecule has 0 amide bonds. The zero-order chi connectivity index (χ0) is 10.1. The highest BCUT2D eigenvalue weighted by atomic mass is 79.9. The molecule has 1 aromatic rings. The number of hydrogen-bond acceptors (Lipinski definition) is 3. The molecule has 76 valence electrons. The van der Waals surface area contributed by atoms with Crippen molar-refractivity contribution >= 4 is 21.7 Å². The van der Waals surface area contributed by atoms with Crippen LogP contribution in [-0.2, 0) is 0 Å². The van der Waals surface area contributed by atoms with Crippen LogP contribution in [0.1, 0.15) is 5.56 Å². The molecule has 1 fully saturated rings. The lowest BCUT2D eigenvalue weighted by molar-refractivity contribution is 0.416. The van der Waals surface area contributed by atoms with Crippen LogP contribution in [0.5, 0.6) is 0 Å². The second-order valence-corrected chi connectivity index (χ2v) is 4.57. The molecule has 0 radical (unpaired) electrons. The molecule has 2 N–H and O–H groups in total. The number of pyridine rings is 1. The highest BCUT2D eigenvalue weighted by Crippen LogP contribution is 2.31. The van der Waals surface area contributed by atoms with Crippen LogP contribution in [0.3, 0.4) is 0 Å². The van der Waals surface area contributed by atoms with Gasteiger partial charge >= 0.3 is 0 Å². The number of halogens is 1. The van der Waals surface area contributed by atoms with Gasteiger partial charge in [0.15, 0.2) is 0 Å². The maximum Gasteiger partial charge on any atom is 0.143 e. The average Bonchev–Trinajstić information content (AvgIpc) is 2.10. The van der Waals surface area contributed by atoms with E-state index in [2.05, 4.69) is 32.7 Å². The minimum absolute atomic E-state index is 0.643. The highest BCUT2D eigenvalue weighted by Gasteiger charge is 2.27. The van der Waals surface area contributed by atoms with Crippen LogP contribution in [0.25, 0.3) is 0 Å². The summed E-state index contributed by atoms with van der Waals surface area (Å²) in [5.41, 5.74) is 6.81. The highest BCUT2D eigenvalue weighted by molar-refractivity contribution is 9.10. The van der Waals surface area contributed by atoms with Gasteiger partial charge in [0.2, 0.25) is 0 Å². The number of aryl methyl sites for hydroxylation is 1. The summed E-state index contributed by atoms with van der Waals surface area (Å²) in [6.07, 6.45) is 1.85. The molecule has 0 atom stereocenters. The SMILES string of the molecule is Cc1ccnc(N2CC(CN)C2)c1Br. The molecular weight excluding hydrogens is 242 g/mol.